The highest BCUT2D eigenvalue weighted by Crippen LogP contribution is 2.19. The lowest BCUT2D eigenvalue weighted by atomic mass is 10.2. The second-order valence-electron chi connectivity index (χ2n) is 3.38. The summed E-state index contributed by atoms with van der Waals surface area (Å²) in [6.45, 7) is 3.88. The van der Waals surface area contributed by atoms with Gasteiger partial charge in [0.2, 0.25) is 0 Å². The molecule has 2 rings (SSSR count). The van der Waals surface area contributed by atoms with Crippen LogP contribution >= 0.6 is 0 Å². The van der Waals surface area contributed by atoms with Crippen molar-refractivity contribution in [1.29, 1.82) is 0 Å². The average molecular weight is 200 g/mol. The van der Waals surface area contributed by atoms with E-state index in [9.17, 15) is 0 Å². The number of aromatic nitrogens is 2. The molecule has 0 atom stereocenters. The summed E-state index contributed by atoms with van der Waals surface area (Å²) in [7, 11) is 0. The SMILES string of the molecule is Cc1ccc(Oc2cnc(C)nc2)cc1. The van der Waals surface area contributed by atoms with E-state index < -0.39 is 0 Å². The first-order chi connectivity index (χ1) is 7.24. The number of aryl methyl sites for hydroxylation is 2. The maximum absolute atomic E-state index is 5.56. The van der Waals surface area contributed by atoms with Gasteiger partial charge in [-0.2, -0.15) is 0 Å². The molecule has 0 bridgehead atoms. The summed E-state index contributed by atoms with van der Waals surface area (Å²) in [4.78, 5) is 8.11. The van der Waals surface area contributed by atoms with Crippen molar-refractivity contribution < 1.29 is 4.74 Å². The van der Waals surface area contributed by atoms with Gasteiger partial charge in [0.25, 0.3) is 0 Å². The Morgan fingerprint density at radius 3 is 2.07 bits per heavy atom. The van der Waals surface area contributed by atoms with Crippen molar-refractivity contribution in [2.45, 2.75) is 13.8 Å². The molecule has 3 heteroatoms. The fourth-order valence-corrected chi connectivity index (χ4v) is 1.18. The highest BCUT2D eigenvalue weighted by Gasteiger charge is 1.97. The zero-order valence-electron chi connectivity index (χ0n) is 8.77. The Morgan fingerprint density at radius 1 is 0.867 bits per heavy atom. The molecule has 0 unspecified atom stereocenters. The van der Waals surface area contributed by atoms with Crippen LogP contribution in [-0.4, -0.2) is 9.97 Å². The van der Waals surface area contributed by atoms with Crippen molar-refractivity contribution in [3.05, 3.63) is 48.0 Å². The smallest absolute Gasteiger partial charge is 0.164 e. The lowest BCUT2D eigenvalue weighted by Crippen LogP contribution is -1.89. The van der Waals surface area contributed by atoms with Gasteiger partial charge in [-0.05, 0) is 26.0 Å². The van der Waals surface area contributed by atoms with E-state index >= 15 is 0 Å². The number of hydrogen-bond acceptors (Lipinski definition) is 3. The number of ether oxygens (including phenoxy) is 1. The van der Waals surface area contributed by atoms with Crippen LogP contribution in [0, 0.1) is 13.8 Å². The summed E-state index contributed by atoms with van der Waals surface area (Å²) in [5, 5.41) is 0. The maximum Gasteiger partial charge on any atom is 0.164 e. The number of nitrogens with zero attached hydrogens (tertiary/aromatic N) is 2. The fourth-order valence-electron chi connectivity index (χ4n) is 1.18. The molecule has 0 aliphatic rings. The lowest BCUT2D eigenvalue weighted by molar-refractivity contribution is 0.476. The molecular formula is C12H12N2O. The van der Waals surface area contributed by atoms with Gasteiger partial charge in [0.1, 0.15) is 11.6 Å². The molecule has 0 fully saturated rings. The largest absolute Gasteiger partial charge is 0.454 e. The van der Waals surface area contributed by atoms with Crippen molar-refractivity contribution in [3.8, 4) is 11.5 Å². The van der Waals surface area contributed by atoms with Gasteiger partial charge in [-0.15, -0.1) is 0 Å². The molecule has 0 saturated heterocycles. The van der Waals surface area contributed by atoms with E-state index in [1.54, 1.807) is 12.4 Å². The van der Waals surface area contributed by atoms with Crippen LogP contribution < -0.4 is 4.74 Å². The van der Waals surface area contributed by atoms with Crippen LogP contribution in [0.5, 0.6) is 11.5 Å². The van der Waals surface area contributed by atoms with E-state index in [0.29, 0.717) is 5.75 Å². The summed E-state index contributed by atoms with van der Waals surface area (Å²) in [6.07, 6.45) is 3.34. The Bertz CT molecular complexity index is 391. The molecule has 0 aliphatic heterocycles. The molecule has 0 amide bonds. The average Bonchev–Trinajstić information content (AvgIpc) is 2.25. The molecule has 76 valence electrons. The molecule has 1 aromatic heterocycles. The number of hydrogen-bond donors (Lipinski definition) is 0. The minimum atomic E-state index is 0.657. The lowest BCUT2D eigenvalue weighted by Gasteiger charge is -2.04. The van der Waals surface area contributed by atoms with Crippen molar-refractivity contribution >= 4 is 0 Å². The highest BCUT2D eigenvalue weighted by atomic mass is 16.5. The maximum atomic E-state index is 5.56. The second-order valence-corrected chi connectivity index (χ2v) is 3.38. The Kier molecular flexibility index (Phi) is 2.63. The minimum absolute atomic E-state index is 0.657. The monoisotopic (exact) mass is 200 g/mol. The zero-order chi connectivity index (χ0) is 10.7. The molecule has 2 aromatic rings. The van der Waals surface area contributed by atoms with Crippen molar-refractivity contribution in [3.63, 3.8) is 0 Å². The van der Waals surface area contributed by atoms with Crippen molar-refractivity contribution in [2.75, 3.05) is 0 Å². The Labute approximate surface area is 88.8 Å². The van der Waals surface area contributed by atoms with Gasteiger partial charge in [0.15, 0.2) is 5.75 Å². The van der Waals surface area contributed by atoms with E-state index in [4.69, 9.17) is 4.74 Å². The van der Waals surface area contributed by atoms with Crippen LogP contribution in [0.4, 0.5) is 0 Å². The third-order valence-electron chi connectivity index (χ3n) is 2.01. The summed E-state index contributed by atoms with van der Waals surface area (Å²) in [6, 6.07) is 7.86. The van der Waals surface area contributed by atoms with E-state index in [-0.39, 0.29) is 0 Å². The normalized spacial score (nSPS) is 10.0. The topological polar surface area (TPSA) is 35.0 Å². The Morgan fingerprint density at radius 2 is 1.47 bits per heavy atom. The van der Waals surface area contributed by atoms with Crippen LogP contribution in [-0.2, 0) is 0 Å². The second kappa shape index (κ2) is 4.09. The quantitative estimate of drug-likeness (QED) is 0.747. The Balaban J connectivity index is 2.15. The molecule has 1 aromatic carbocycles. The first-order valence-electron chi connectivity index (χ1n) is 4.77. The van der Waals surface area contributed by atoms with Crippen LogP contribution in [0.1, 0.15) is 11.4 Å². The van der Waals surface area contributed by atoms with Crippen LogP contribution in [0.25, 0.3) is 0 Å². The number of rotatable bonds is 2. The van der Waals surface area contributed by atoms with Crippen LogP contribution in [0.15, 0.2) is 36.7 Å². The van der Waals surface area contributed by atoms with Gasteiger partial charge in [0.05, 0.1) is 12.4 Å². The predicted octanol–water partition coefficient (Wildman–Crippen LogP) is 2.89. The molecule has 0 radical (unpaired) electrons. The fraction of sp³-hybridized carbons (Fsp3) is 0.167. The van der Waals surface area contributed by atoms with Crippen molar-refractivity contribution in [2.24, 2.45) is 0 Å². The highest BCUT2D eigenvalue weighted by molar-refractivity contribution is 5.30. The molecular weight excluding hydrogens is 188 g/mol. The molecule has 15 heavy (non-hydrogen) atoms. The van der Waals surface area contributed by atoms with Gasteiger partial charge in [-0.3, -0.25) is 0 Å². The third kappa shape index (κ3) is 2.53. The van der Waals surface area contributed by atoms with E-state index in [1.165, 1.54) is 5.56 Å². The van der Waals surface area contributed by atoms with Gasteiger partial charge >= 0.3 is 0 Å². The van der Waals surface area contributed by atoms with E-state index in [1.807, 2.05) is 38.1 Å². The molecule has 1 heterocycles. The minimum Gasteiger partial charge on any atom is -0.454 e. The first kappa shape index (κ1) is 9.65. The Hall–Kier alpha value is -1.90. The first-order valence-corrected chi connectivity index (χ1v) is 4.77. The van der Waals surface area contributed by atoms with Crippen LogP contribution in [0.2, 0.25) is 0 Å². The molecule has 3 nitrogen and oxygen atoms in total. The van der Waals surface area contributed by atoms with Gasteiger partial charge < -0.3 is 4.74 Å². The van der Waals surface area contributed by atoms with Gasteiger partial charge in [-0.1, -0.05) is 17.7 Å². The summed E-state index contributed by atoms with van der Waals surface area (Å²) in [5.41, 5.74) is 1.21. The number of benzene rings is 1. The van der Waals surface area contributed by atoms with Crippen molar-refractivity contribution in [1.82, 2.24) is 9.97 Å². The summed E-state index contributed by atoms with van der Waals surface area (Å²) < 4.78 is 5.56. The third-order valence-corrected chi connectivity index (χ3v) is 2.01. The molecule has 0 spiro atoms. The van der Waals surface area contributed by atoms with Gasteiger partial charge in [-0.25, -0.2) is 9.97 Å². The predicted molar refractivity (Wildman–Crippen MR) is 58.0 cm³/mol. The summed E-state index contributed by atoms with van der Waals surface area (Å²) >= 11 is 0. The standard InChI is InChI=1S/C12H12N2O/c1-9-3-5-11(6-4-9)15-12-7-13-10(2)14-8-12/h3-8H,1-2H3. The summed E-state index contributed by atoms with van der Waals surface area (Å²) in [5.74, 6) is 2.20. The zero-order valence-corrected chi connectivity index (χ0v) is 8.77. The van der Waals surface area contributed by atoms with E-state index in [0.717, 1.165) is 11.6 Å². The van der Waals surface area contributed by atoms with E-state index in [2.05, 4.69) is 9.97 Å². The molecule has 0 saturated carbocycles. The van der Waals surface area contributed by atoms with Crippen LogP contribution in [0.3, 0.4) is 0 Å². The van der Waals surface area contributed by atoms with Gasteiger partial charge in [0, 0.05) is 0 Å². The molecule has 0 N–H and O–H groups in total. The molecule has 0 aliphatic carbocycles.